The molecule has 0 aliphatic carbocycles. The molecule has 2 aromatic carbocycles. The summed E-state index contributed by atoms with van der Waals surface area (Å²) in [4.78, 5) is 36.9. The van der Waals surface area contributed by atoms with E-state index in [4.69, 9.17) is 13.9 Å². The smallest absolute Gasteiger partial charge is 0.408 e. The topological polar surface area (TPSA) is 94.8 Å². The summed E-state index contributed by atoms with van der Waals surface area (Å²) in [7, 11) is 0. The lowest BCUT2D eigenvalue weighted by molar-refractivity contribution is -0.136. The van der Waals surface area contributed by atoms with Gasteiger partial charge in [0.15, 0.2) is 0 Å². The van der Waals surface area contributed by atoms with E-state index in [1.165, 1.54) is 0 Å². The molecule has 162 valence electrons. The first-order chi connectivity index (χ1) is 14.8. The molecule has 0 unspecified atom stereocenters. The Morgan fingerprint density at radius 3 is 2.45 bits per heavy atom. The molecule has 0 saturated heterocycles. The number of alkyl carbamates (subject to hydrolysis) is 1. The van der Waals surface area contributed by atoms with Crippen LogP contribution in [0.2, 0.25) is 0 Å². The maximum absolute atomic E-state index is 12.8. The lowest BCUT2D eigenvalue weighted by Gasteiger charge is -2.17. The lowest BCUT2D eigenvalue weighted by atomic mass is 10.0. The monoisotopic (exact) mass is 423 g/mol. The van der Waals surface area contributed by atoms with Gasteiger partial charge in [-0.1, -0.05) is 37.3 Å². The van der Waals surface area contributed by atoms with Gasteiger partial charge in [0.2, 0.25) is 0 Å². The van der Waals surface area contributed by atoms with Crippen molar-refractivity contribution in [2.45, 2.75) is 46.8 Å². The number of fused-ring (bicyclic) bond motifs is 1. The molecule has 7 nitrogen and oxygen atoms in total. The predicted molar refractivity (Wildman–Crippen MR) is 116 cm³/mol. The van der Waals surface area contributed by atoms with Crippen LogP contribution in [0.25, 0.3) is 11.0 Å². The van der Waals surface area contributed by atoms with Crippen molar-refractivity contribution in [1.82, 2.24) is 5.32 Å². The fourth-order valence-electron chi connectivity index (χ4n) is 3.18. The first-order valence-corrected chi connectivity index (χ1v) is 10.0. The average Bonchev–Trinajstić information content (AvgIpc) is 2.74. The van der Waals surface area contributed by atoms with Crippen molar-refractivity contribution in [3.05, 3.63) is 75.1 Å². The normalized spacial score (nSPS) is 11.7. The number of hydrogen-bond donors (Lipinski definition) is 1. The van der Waals surface area contributed by atoms with Crippen LogP contribution in [-0.2, 0) is 16.1 Å². The van der Waals surface area contributed by atoms with Crippen LogP contribution in [0.5, 0.6) is 5.75 Å². The Labute approximate surface area is 180 Å². The number of ether oxygens (including phenoxy) is 2. The second kappa shape index (κ2) is 9.47. The van der Waals surface area contributed by atoms with Crippen molar-refractivity contribution in [1.29, 1.82) is 0 Å². The van der Waals surface area contributed by atoms with Crippen molar-refractivity contribution in [3.8, 4) is 5.75 Å². The zero-order valence-corrected chi connectivity index (χ0v) is 18.0. The molecule has 1 aromatic heterocycles. The number of esters is 1. The zero-order valence-electron chi connectivity index (χ0n) is 18.0. The van der Waals surface area contributed by atoms with Gasteiger partial charge in [-0.2, -0.15) is 0 Å². The Kier molecular flexibility index (Phi) is 6.74. The third-order valence-electron chi connectivity index (χ3n) is 5.06. The van der Waals surface area contributed by atoms with Gasteiger partial charge in [-0.3, -0.25) is 0 Å². The molecule has 0 spiro atoms. The van der Waals surface area contributed by atoms with Crippen LogP contribution in [0, 0.1) is 20.8 Å². The van der Waals surface area contributed by atoms with Gasteiger partial charge >= 0.3 is 17.7 Å². The highest BCUT2D eigenvalue weighted by molar-refractivity contribution is 5.92. The number of aryl methyl sites for hydroxylation is 2. The van der Waals surface area contributed by atoms with E-state index in [1.807, 2.05) is 37.3 Å². The molecule has 31 heavy (non-hydrogen) atoms. The molecular formula is C24H25NO6. The van der Waals surface area contributed by atoms with E-state index in [0.717, 1.165) is 11.1 Å². The molecule has 0 fully saturated rings. The minimum Gasteiger partial charge on any atom is -0.445 e. The standard InChI is InChI=1S/C24H25NO6/c1-5-18(25-24(28)29-13-17-9-7-6-8-10-17)23(27)31-20-12-14(2)11-19-21(20)15(3)16(4)22(26)30-19/h6-12,18H,5,13H2,1-4H3,(H,25,28)/t18-/m0/s1. The molecule has 0 aliphatic rings. The molecule has 1 heterocycles. The van der Waals surface area contributed by atoms with Crippen LogP contribution < -0.4 is 15.7 Å². The van der Waals surface area contributed by atoms with Crippen LogP contribution in [0.4, 0.5) is 4.79 Å². The Hall–Kier alpha value is -3.61. The van der Waals surface area contributed by atoms with Crippen molar-refractivity contribution in [2.75, 3.05) is 0 Å². The summed E-state index contributed by atoms with van der Waals surface area (Å²) in [5.74, 6) is -0.350. The number of benzene rings is 2. The number of nitrogens with one attached hydrogen (secondary N) is 1. The van der Waals surface area contributed by atoms with Gasteiger partial charge in [-0.25, -0.2) is 14.4 Å². The molecule has 1 atom stereocenters. The summed E-state index contributed by atoms with van der Waals surface area (Å²) < 4.78 is 16.2. The molecule has 0 radical (unpaired) electrons. The van der Waals surface area contributed by atoms with Gasteiger partial charge in [-0.05, 0) is 56.0 Å². The Bertz CT molecular complexity index is 1170. The Balaban J connectivity index is 1.76. The molecule has 0 bridgehead atoms. The molecule has 3 rings (SSSR count). The van der Waals surface area contributed by atoms with Crippen LogP contribution in [-0.4, -0.2) is 18.1 Å². The summed E-state index contributed by atoms with van der Waals surface area (Å²) >= 11 is 0. The van der Waals surface area contributed by atoms with Crippen molar-refractivity contribution in [2.24, 2.45) is 0 Å². The number of amides is 1. The van der Waals surface area contributed by atoms with Crippen molar-refractivity contribution >= 4 is 23.0 Å². The minimum atomic E-state index is -0.893. The van der Waals surface area contributed by atoms with E-state index in [9.17, 15) is 14.4 Å². The quantitative estimate of drug-likeness (QED) is 0.360. The second-order valence-corrected chi connectivity index (χ2v) is 7.36. The SMILES string of the molecule is CC[C@H](NC(=O)OCc1ccccc1)C(=O)Oc1cc(C)cc2oc(=O)c(C)c(C)c12. The van der Waals surface area contributed by atoms with Gasteiger partial charge in [0.25, 0.3) is 0 Å². The molecule has 3 aromatic rings. The summed E-state index contributed by atoms with van der Waals surface area (Å²) in [5.41, 5.74) is 2.65. The minimum absolute atomic E-state index is 0.0954. The molecule has 7 heteroatoms. The molecular weight excluding hydrogens is 398 g/mol. The number of carbonyl (C=O) groups excluding carboxylic acids is 2. The third kappa shape index (κ3) is 5.12. The van der Waals surface area contributed by atoms with Crippen LogP contribution in [0.15, 0.2) is 51.7 Å². The van der Waals surface area contributed by atoms with E-state index in [1.54, 1.807) is 32.9 Å². The Morgan fingerprint density at radius 1 is 1.06 bits per heavy atom. The van der Waals surface area contributed by atoms with E-state index in [2.05, 4.69) is 5.32 Å². The van der Waals surface area contributed by atoms with E-state index in [-0.39, 0.29) is 12.4 Å². The first kappa shape index (κ1) is 22.1. The number of hydrogen-bond acceptors (Lipinski definition) is 6. The lowest BCUT2D eigenvalue weighted by Crippen LogP contribution is -2.42. The summed E-state index contributed by atoms with van der Waals surface area (Å²) in [6.07, 6.45) is -0.393. The summed E-state index contributed by atoms with van der Waals surface area (Å²) in [5, 5.41) is 3.10. The highest BCUT2D eigenvalue weighted by atomic mass is 16.6. The molecule has 0 aliphatic heterocycles. The van der Waals surface area contributed by atoms with Gasteiger partial charge in [0.1, 0.15) is 24.0 Å². The maximum Gasteiger partial charge on any atom is 0.408 e. The summed E-state index contributed by atoms with van der Waals surface area (Å²) in [6, 6.07) is 11.8. The van der Waals surface area contributed by atoms with Crippen molar-refractivity contribution < 1.29 is 23.5 Å². The predicted octanol–water partition coefficient (Wildman–Crippen LogP) is 4.33. The molecule has 1 N–H and O–H groups in total. The zero-order chi connectivity index (χ0) is 22.5. The fourth-order valence-corrected chi connectivity index (χ4v) is 3.18. The van der Waals surface area contributed by atoms with Gasteiger partial charge in [-0.15, -0.1) is 0 Å². The fraction of sp³-hybridized carbons (Fsp3) is 0.292. The third-order valence-corrected chi connectivity index (χ3v) is 5.06. The van der Waals surface area contributed by atoms with Gasteiger partial charge in [0, 0.05) is 5.56 Å². The second-order valence-electron chi connectivity index (χ2n) is 7.36. The number of carbonyl (C=O) groups is 2. The average molecular weight is 423 g/mol. The van der Waals surface area contributed by atoms with Crippen molar-refractivity contribution in [3.63, 3.8) is 0 Å². The van der Waals surface area contributed by atoms with E-state index >= 15 is 0 Å². The summed E-state index contributed by atoms with van der Waals surface area (Å²) in [6.45, 7) is 7.09. The van der Waals surface area contributed by atoms with Crippen LogP contribution in [0.3, 0.4) is 0 Å². The molecule has 0 saturated carbocycles. The highest BCUT2D eigenvalue weighted by Gasteiger charge is 2.24. The molecule has 1 amide bonds. The first-order valence-electron chi connectivity index (χ1n) is 10.0. The van der Waals surface area contributed by atoms with E-state index < -0.39 is 23.7 Å². The largest absolute Gasteiger partial charge is 0.445 e. The highest BCUT2D eigenvalue weighted by Crippen LogP contribution is 2.31. The maximum atomic E-state index is 12.8. The van der Waals surface area contributed by atoms with E-state index in [0.29, 0.717) is 28.5 Å². The Morgan fingerprint density at radius 2 is 1.77 bits per heavy atom. The van der Waals surface area contributed by atoms with Gasteiger partial charge < -0.3 is 19.2 Å². The van der Waals surface area contributed by atoms with Crippen LogP contribution in [0.1, 0.15) is 35.6 Å². The van der Waals surface area contributed by atoms with Gasteiger partial charge in [0.05, 0.1) is 5.39 Å². The number of rotatable bonds is 6. The van der Waals surface area contributed by atoms with Crippen LogP contribution >= 0.6 is 0 Å².